The Kier molecular flexibility index (Phi) is 8.20. The van der Waals surface area contributed by atoms with Crippen LogP contribution in [0, 0.1) is 6.92 Å². The summed E-state index contributed by atoms with van der Waals surface area (Å²) < 4.78 is 7.10. The fourth-order valence-corrected chi connectivity index (χ4v) is 3.37. The minimum atomic E-state index is -0.547. The van der Waals surface area contributed by atoms with Crippen molar-refractivity contribution in [3.63, 3.8) is 0 Å². The minimum absolute atomic E-state index is 0.114. The molecule has 0 saturated carbocycles. The van der Waals surface area contributed by atoms with Gasteiger partial charge in [-0.1, -0.05) is 25.5 Å². The first kappa shape index (κ1) is 22.1. The number of carbonyl (C=O) groups excluding carboxylic acids is 1. The Balaban J connectivity index is 0.00000136. The van der Waals surface area contributed by atoms with Gasteiger partial charge in [-0.05, 0) is 33.0 Å². The van der Waals surface area contributed by atoms with Gasteiger partial charge in [-0.2, -0.15) is 0 Å². The highest BCUT2D eigenvalue weighted by molar-refractivity contribution is 5.93. The highest BCUT2D eigenvalue weighted by atomic mass is 16.5. The highest BCUT2D eigenvalue weighted by Crippen LogP contribution is 2.15. The topological polar surface area (TPSA) is 54.8 Å². The SMILES string of the molecule is CC.CCOC(=O)c1cn(CCN2CCN(C)CC2)c2ccc(C)cc2c1=O. The fraction of sp³-hybridized carbons (Fsp3) is 0.545. The number of aryl methyl sites for hydroxylation is 1. The standard InChI is InChI=1S/C20H27N3O3.C2H6/c1-4-26-20(25)17-14-23(12-11-22-9-7-21(3)8-10-22)18-6-5-15(2)13-16(18)19(17)24;1-2/h5-6,13-14H,4,7-12H2,1-3H3;1-2H3. The Morgan fingerprint density at radius 3 is 2.43 bits per heavy atom. The summed E-state index contributed by atoms with van der Waals surface area (Å²) >= 11 is 0. The molecule has 154 valence electrons. The Labute approximate surface area is 167 Å². The van der Waals surface area contributed by atoms with E-state index < -0.39 is 5.97 Å². The zero-order valence-corrected chi connectivity index (χ0v) is 17.8. The second-order valence-corrected chi connectivity index (χ2v) is 6.95. The molecular formula is C22H33N3O3. The van der Waals surface area contributed by atoms with Crippen molar-refractivity contribution in [2.24, 2.45) is 0 Å². The van der Waals surface area contributed by atoms with Crippen LogP contribution in [0.25, 0.3) is 10.9 Å². The summed E-state index contributed by atoms with van der Waals surface area (Å²) in [6.07, 6.45) is 1.66. The van der Waals surface area contributed by atoms with Gasteiger partial charge < -0.3 is 14.2 Å². The molecule has 0 amide bonds. The molecule has 1 aliphatic heterocycles. The van der Waals surface area contributed by atoms with Gasteiger partial charge in [-0.3, -0.25) is 9.69 Å². The summed E-state index contributed by atoms with van der Waals surface area (Å²) in [6, 6.07) is 5.82. The maximum Gasteiger partial charge on any atom is 0.343 e. The molecule has 1 aliphatic rings. The van der Waals surface area contributed by atoms with Crippen molar-refractivity contribution in [3.05, 3.63) is 45.7 Å². The van der Waals surface area contributed by atoms with Crippen LogP contribution in [0.1, 0.15) is 36.7 Å². The molecule has 6 heteroatoms. The van der Waals surface area contributed by atoms with Gasteiger partial charge in [0.25, 0.3) is 0 Å². The average Bonchev–Trinajstić information content (AvgIpc) is 2.70. The minimum Gasteiger partial charge on any atom is -0.462 e. The van der Waals surface area contributed by atoms with Crippen LogP contribution >= 0.6 is 0 Å². The summed E-state index contributed by atoms with van der Waals surface area (Å²) in [5, 5.41) is 0.578. The third-order valence-electron chi connectivity index (χ3n) is 4.98. The lowest BCUT2D eigenvalue weighted by Gasteiger charge is -2.32. The normalized spacial score (nSPS) is 15.2. The van der Waals surface area contributed by atoms with E-state index in [1.807, 2.05) is 43.5 Å². The van der Waals surface area contributed by atoms with E-state index in [2.05, 4.69) is 16.8 Å². The van der Waals surface area contributed by atoms with Gasteiger partial charge in [0.2, 0.25) is 5.43 Å². The number of fused-ring (bicyclic) bond motifs is 1. The third-order valence-corrected chi connectivity index (χ3v) is 4.98. The molecule has 0 spiro atoms. The number of aromatic nitrogens is 1. The molecule has 0 bridgehead atoms. The van der Waals surface area contributed by atoms with Crippen molar-refractivity contribution in [1.82, 2.24) is 14.4 Å². The van der Waals surface area contributed by atoms with Crippen molar-refractivity contribution in [2.45, 2.75) is 34.2 Å². The number of nitrogens with zero attached hydrogens (tertiary/aromatic N) is 3. The molecular weight excluding hydrogens is 354 g/mol. The van der Waals surface area contributed by atoms with Crippen molar-refractivity contribution < 1.29 is 9.53 Å². The molecule has 3 rings (SSSR count). The predicted molar refractivity (Wildman–Crippen MR) is 114 cm³/mol. The Hall–Kier alpha value is -2.18. The van der Waals surface area contributed by atoms with E-state index in [4.69, 9.17) is 4.74 Å². The molecule has 0 N–H and O–H groups in total. The van der Waals surface area contributed by atoms with Crippen LogP contribution in [0.2, 0.25) is 0 Å². The number of hydrogen-bond donors (Lipinski definition) is 0. The molecule has 1 aromatic carbocycles. The number of piperazine rings is 1. The van der Waals surface area contributed by atoms with Gasteiger partial charge in [0.05, 0.1) is 12.1 Å². The number of rotatable bonds is 5. The Bertz CT molecular complexity index is 852. The lowest BCUT2D eigenvalue weighted by atomic mass is 10.1. The van der Waals surface area contributed by atoms with Crippen molar-refractivity contribution >= 4 is 16.9 Å². The van der Waals surface area contributed by atoms with E-state index in [1.54, 1.807) is 13.1 Å². The van der Waals surface area contributed by atoms with Crippen LogP contribution in [0.4, 0.5) is 0 Å². The van der Waals surface area contributed by atoms with E-state index in [0.29, 0.717) is 5.39 Å². The molecule has 1 aromatic heterocycles. The van der Waals surface area contributed by atoms with Gasteiger partial charge in [0.1, 0.15) is 5.56 Å². The van der Waals surface area contributed by atoms with E-state index in [9.17, 15) is 9.59 Å². The third kappa shape index (κ3) is 5.20. The Morgan fingerprint density at radius 2 is 1.79 bits per heavy atom. The van der Waals surface area contributed by atoms with Crippen LogP contribution in [0.3, 0.4) is 0 Å². The highest BCUT2D eigenvalue weighted by Gasteiger charge is 2.18. The number of likely N-dealkylation sites (N-methyl/N-ethyl adjacent to an activating group) is 1. The first-order valence-corrected chi connectivity index (χ1v) is 10.2. The lowest BCUT2D eigenvalue weighted by Crippen LogP contribution is -2.45. The predicted octanol–water partition coefficient (Wildman–Crippen LogP) is 2.76. The van der Waals surface area contributed by atoms with Gasteiger partial charge >= 0.3 is 5.97 Å². The van der Waals surface area contributed by atoms with Crippen LogP contribution in [0.15, 0.2) is 29.2 Å². The first-order chi connectivity index (χ1) is 13.5. The van der Waals surface area contributed by atoms with Crippen LogP contribution in [-0.2, 0) is 11.3 Å². The molecule has 0 unspecified atom stereocenters. The van der Waals surface area contributed by atoms with E-state index in [-0.39, 0.29) is 17.6 Å². The molecule has 1 saturated heterocycles. The largest absolute Gasteiger partial charge is 0.462 e. The fourth-order valence-electron chi connectivity index (χ4n) is 3.37. The smallest absolute Gasteiger partial charge is 0.343 e. The first-order valence-electron chi connectivity index (χ1n) is 10.2. The average molecular weight is 388 g/mol. The number of hydrogen-bond acceptors (Lipinski definition) is 5. The summed E-state index contributed by atoms with van der Waals surface area (Å²) in [5.74, 6) is -0.547. The zero-order chi connectivity index (χ0) is 20.7. The molecule has 1 fully saturated rings. The lowest BCUT2D eigenvalue weighted by molar-refractivity contribution is 0.0524. The van der Waals surface area contributed by atoms with Crippen LogP contribution < -0.4 is 5.43 Å². The monoisotopic (exact) mass is 387 g/mol. The summed E-state index contributed by atoms with van der Waals surface area (Å²) in [6.45, 7) is 13.8. The quantitative estimate of drug-likeness (QED) is 0.739. The van der Waals surface area contributed by atoms with E-state index in [1.165, 1.54) is 0 Å². The second kappa shape index (κ2) is 10.4. The Morgan fingerprint density at radius 1 is 1.11 bits per heavy atom. The summed E-state index contributed by atoms with van der Waals surface area (Å²) in [7, 11) is 2.14. The van der Waals surface area contributed by atoms with Gasteiger partial charge in [-0.25, -0.2) is 4.79 Å². The van der Waals surface area contributed by atoms with Gasteiger partial charge in [-0.15, -0.1) is 0 Å². The van der Waals surface area contributed by atoms with Gasteiger partial charge in [0, 0.05) is 50.9 Å². The summed E-state index contributed by atoms with van der Waals surface area (Å²) in [5.41, 5.74) is 1.73. The van der Waals surface area contributed by atoms with Crippen LogP contribution in [-0.4, -0.2) is 66.7 Å². The molecule has 0 aliphatic carbocycles. The molecule has 28 heavy (non-hydrogen) atoms. The zero-order valence-electron chi connectivity index (χ0n) is 17.8. The molecule has 0 radical (unpaired) electrons. The van der Waals surface area contributed by atoms with Crippen molar-refractivity contribution in [3.8, 4) is 0 Å². The number of ether oxygens (including phenoxy) is 1. The number of carbonyl (C=O) groups is 1. The number of benzene rings is 1. The molecule has 2 heterocycles. The van der Waals surface area contributed by atoms with Crippen molar-refractivity contribution in [1.29, 1.82) is 0 Å². The number of esters is 1. The molecule has 6 nitrogen and oxygen atoms in total. The van der Waals surface area contributed by atoms with Crippen LogP contribution in [0.5, 0.6) is 0 Å². The summed E-state index contributed by atoms with van der Waals surface area (Å²) in [4.78, 5) is 29.7. The number of pyridine rings is 1. The molecule has 0 atom stereocenters. The molecule has 2 aromatic rings. The van der Waals surface area contributed by atoms with E-state index in [0.717, 1.165) is 50.3 Å². The van der Waals surface area contributed by atoms with E-state index >= 15 is 0 Å². The maximum absolute atomic E-state index is 12.8. The van der Waals surface area contributed by atoms with Gasteiger partial charge in [0.15, 0.2) is 0 Å². The maximum atomic E-state index is 12.8. The second-order valence-electron chi connectivity index (χ2n) is 6.95. The van der Waals surface area contributed by atoms with Crippen molar-refractivity contribution in [2.75, 3.05) is 46.4 Å².